The molecule has 0 radical (unpaired) electrons. The van der Waals surface area contributed by atoms with Crippen LogP contribution in [0.5, 0.6) is 0 Å². The number of hydrogen-bond donors (Lipinski definition) is 1. The van der Waals surface area contributed by atoms with E-state index in [4.69, 9.17) is 0 Å². The minimum absolute atomic E-state index is 0.785. The van der Waals surface area contributed by atoms with Gasteiger partial charge in [-0.15, -0.1) is 0 Å². The summed E-state index contributed by atoms with van der Waals surface area (Å²) in [4.78, 5) is 0. The first-order valence-corrected chi connectivity index (χ1v) is 9.69. The largest absolute Gasteiger partial charge is 0.313 e. The van der Waals surface area contributed by atoms with Crippen LogP contribution in [0.25, 0.3) is 0 Å². The molecule has 2 fully saturated rings. The molecule has 2 heteroatoms. The summed E-state index contributed by atoms with van der Waals surface area (Å²) >= 11 is 2.27. The molecule has 3 unspecified atom stereocenters. The topological polar surface area (TPSA) is 12.0 Å². The van der Waals surface area contributed by atoms with E-state index in [9.17, 15) is 0 Å². The molecule has 2 aliphatic rings. The van der Waals surface area contributed by atoms with Gasteiger partial charge in [-0.2, -0.15) is 11.8 Å². The van der Waals surface area contributed by atoms with E-state index in [1.165, 1.54) is 70.1 Å². The van der Waals surface area contributed by atoms with Crippen LogP contribution in [0.3, 0.4) is 0 Å². The third kappa shape index (κ3) is 5.30. The van der Waals surface area contributed by atoms with E-state index < -0.39 is 0 Å². The molecule has 112 valence electrons. The highest BCUT2D eigenvalue weighted by Crippen LogP contribution is 2.35. The van der Waals surface area contributed by atoms with Crippen molar-refractivity contribution in [3.05, 3.63) is 0 Å². The van der Waals surface area contributed by atoms with Crippen LogP contribution >= 0.6 is 11.8 Å². The molecule has 0 saturated heterocycles. The van der Waals surface area contributed by atoms with Crippen molar-refractivity contribution in [2.24, 2.45) is 11.8 Å². The van der Waals surface area contributed by atoms with Crippen molar-refractivity contribution in [3.8, 4) is 0 Å². The van der Waals surface area contributed by atoms with E-state index in [0.717, 1.165) is 23.1 Å². The van der Waals surface area contributed by atoms with Gasteiger partial charge in [-0.3, -0.25) is 0 Å². The lowest BCUT2D eigenvalue weighted by atomic mass is 9.79. The molecule has 1 N–H and O–H groups in total. The van der Waals surface area contributed by atoms with Gasteiger partial charge in [0, 0.05) is 17.0 Å². The van der Waals surface area contributed by atoms with Crippen LogP contribution in [0.4, 0.5) is 0 Å². The Kier molecular flexibility index (Phi) is 7.07. The first-order valence-electron chi connectivity index (χ1n) is 8.64. The molecule has 2 rings (SSSR count). The summed E-state index contributed by atoms with van der Waals surface area (Å²) in [5.74, 6) is 3.27. The summed E-state index contributed by atoms with van der Waals surface area (Å²) in [5.41, 5.74) is 0. The third-order valence-electron chi connectivity index (χ3n) is 5.02. The Labute approximate surface area is 124 Å². The second kappa shape index (κ2) is 8.56. The summed E-state index contributed by atoms with van der Waals surface area (Å²) in [7, 11) is 0. The molecule has 1 nitrogen and oxygen atoms in total. The third-order valence-corrected chi connectivity index (χ3v) is 6.51. The van der Waals surface area contributed by atoms with Crippen LogP contribution in [0.1, 0.15) is 71.6 Å². The molecular weight excluding hydrogens is 250 g/mol. The lowest BCUT2D eigenvalue weighted by Gasteiger charge is -2.34. The highest BCUT2D eigenvalue weighted by Gasteiger charge is 2.27. The van der Waals surface area contributed by atoms with Gasteiger partial charge >= 0.3 is 0 Å². The van der Waals surface area contributed by atoms with Gasteiger partial charge in [0.05, 0.1) is 0 Å². The van der Waals surface area contributed by atoms with E-state index in [1.54, 1.807) is 0 Å². The SMILES string of the molecule is CCCNC(CSC1CCCC1)C1CCCC(C)C1. The van der Waals surface area contributed by atoms with Crippen molar-refractivity contribution in [1.82, 2.24) is 5.32 Å². The zero-order valence-electron chi connectivity index (χ0n) is 13.0. The van der Waals surface area contributed by atoms with E-state index in [0.29, 0.717) is 0 Å². The van der Waals surface area contributed by atoms with Crippen LogP contribution in [0, 0.1) is 11.8 Å². The molecule has 0 aromatic heterocycles. The monoisotopic (exact) mass is 283 g/mol. The van der Waals surface area contributed by atoms with Crippen LogP contribution in [-0.4, -0.2) is 23.6 Å². The van der Waals surface area contributed by atoms with Crippen molar-refractivity contribution in [1.29, 1.82) is 0 Å². The van der Waals surface area contributed by atoms with Gasteiger partial charge in [-0.25, -0.2) is 0 Å². The fraction of sp³-hybridized carbons (Fsp3) is 1.00. The van der Waals surface area contributed by atoms with Crippen LogP contribution in [-0.2, 0) is 0 Å². The minimum atomic E-state index is 0.785. The van der Waals surface area contributed by atoms with Crippen molar-refractivity contribution >= 4 is 11.8 Å². The highest BCUT2D eigenvalue weighted by molar-refractivity contribution is 7.99. The van der Waals surface area contributed by atoms with Gasteiger partial charge in [0.1, 0.15) is 0 Å². The molecule has 2 saturated carbocycles. The molecule has 3 atom stereocenters. The lowest BCUT2D eigenvalue weighted by molar-refractivity contribution is 0.234. The smallest absolute Gasteiger partial charge is 0.0186 e. The summed E-state index contributed by atoms with van der Waals surface area (Å²) in [6.45, 7) is 5.95. The summed E-state index contributed by atoms with van der Waals surface area (Å²) in [6.07, 6.45) is 13.0. The van der Waals surface area contributed by atoms with Gasteiger partial charge in [0.15, 0.2) is 0 Å². The molecule has 0 aromatic carbocycles. The van der Waals surface area contributed by atoms with Gasteiger partial charge in [-0.05, 0) is 50.5 Å². The average molecular weight is 284 g/mol. The van der Waals surface area contributed by atoms with Gasteiger partial charge in [0.25, 0.3) is 0 Å². The second-order valence-electron chi connectivity index (χ2n) is 6.83. The van der Waals surface area contributed by atoms with Crippen LogP contribution in [0.15, 0.2) is 0 Å². The standard InChI is InChI=1S/C17H33NS/c1-3-11-18-17(13-19-16-9-4-5-10-16)15-8-6-7-14(2)12-15/h14-18H,3-13H2,1-2H3. The summed E-state index contributed by atoms with van der Waals surface area (Å²) in [5, 5.41) is 4.84. The number of hydrogen-bond acceptors (Lipinski definition) is 2. The van der Waals surface area contributed by atoms with Crippen molar-refractivity contribution in [3.63, 3.8) is 0 Å². The molecule has 0 aromatic rings. The van der Waals surface area contributed by atoms with E-state index in [2.05, 4.69) is 30.9 Å². The maximum atomic E-state index is 3.86. The Morgan fingerprint density at radius 2 is 1.89 bits per heavy atom. The van der Waals surface area contributed by atoms with Gasteiger partial charge < -0.3 is 5.32 Å². The van der Waals surface area contributed by atoms with E-state index in [-0.39, 0.29) is 0 Å². The first-order chi connectivity index (χ1) is 9.29. The van der Waals surface area contributed by atoms with Crippen LogP contribution < -0.4 is 5.32 Å². The molecular formula is C17H33NS. The minimum Gasteiger partial charge on any atom is -0.313 e. The molecule has 0 amide bonds. The van der Waals surface area contributed by atoms with Gasteiger partial charge in [0.2, 0.25) is 0 Å². The zero-order valence-corrected chi connectivity index (χ0v) is 13.8. The highest BCUT2D eigenvalue weighted by atomic mass is 32.2. The maximum Gasteiger partial charge on any atom is 0.0186 e. The van der Waals surface area contributed by atoms with Crippen molar-refractivity contribution < 1.29 is 0 Å². The van der Waals surface area contributed by atoms with Crippen molar-refractivity contribution in [2.75, 3.05) is 12.3 Å². The van der Waals surface area contributed by atoms with Gasteiger partial charge in [-0.1, -0.05) is 39.5 Å². The normalized spacial score (nSPS) is 30.6. The summed E-state index contributed by atoms with van der Waals surface area (Å²) < 4.78 is 0. The number of nitrogens with one attached hydrogen (secondary N) is 1. The Morgan fingerprint density at radius 3 is 2.58 bits per heavy atom. The zero-order chi connectivity index (χ0) is 13.5. The molecule has 0 spiro atoms. The molecule has 0 aliphatic heterocycles. The van der Waals surface area contributed by atoms with E-state index >= 15 is 0 Å². The van der Waals surface area contributed by atoms with E-state index in [1.807, 2.05) is 0 Å². The quantitative estimate of drug-likeness (QED) is 0.716. The molecule has 2 aliphatic carbocycles. The molecule has 19 heavy (non-hydrogen) atoms. The predicted molar refractivity (Wildman–Crippen MR) is 87.9 cm³/mol. The number of thioether (sulfide) groups is 1. The Morgan fingerprint density at radius 1 is 1.11 bits per heavy atom. The Balaban J connectivity index is 1.79. The van der Waals surface area contributed by atoms with Crippen LogP contribution in [0.2, 0.25) is 0 Å². The maximum absolute atomic E-state index is 3.86. The number of rotatable bonds is 7. The second-order valence-corrected chi connectivity index (χ2v) is 8.17. The lowest BCUT2D eigenvalue weighted by Crippen LogP contribution is -2.41. The fourth-order valence-electron chi connectivity index (χ4n) is 3.83. The fourth-order valence-corrected chi connectivity index (χ4v) is 5.37. The first kappa shape index (κ1) is 15.7. The summed E-state index contributed by atoms with van der Waals surface area (Å²) in [6, 6.07) is 0.785. The Bertz CT molecular complexity index is 237. The average Bonchev–Trinajstić information content (AvgIpc) is 2.92. The Hall–Kier alpha value is 0.310. The molecule has 0 heterocycles. The molecule has 0 bridgehead atoms. The van der Waals surface area contributed by atoms with Crippen molar-refractivity contribution in [2.45, 2.75) is 82.9 Å². The predicted octanol–water partition coefficient (Wildman–Crippen LogP) is 4.86.